The van der Waals surface area contributed by atoms with Gasteiger partial charge in [0.15, 0.2) is 0 Å². The normalized spacial score (nSPS) is 16.7. The van der Waals surface area contributed by atoms with Crippen molar-refractivity contribution in [2.24, 2.45) is 0 Å². The van der Waals surface area contributed by atoms with E-state index < -0.39 is 0 Å². The third-order valence-electron chi connectivity index (χ3n) is 5.00. The molecule has 1 fully saturated rings. The van der Waals surface area contributed by atoms with Crippen molar-refractivity contribution in [2.75, 3.05) is 13.2 Å². The lowest BCUT2D eigenvalue weighted by molar-refractivity contribution is 0.0435. The van der Waals surface area contributed by atoms with E-state index in [0.29, 0.717) is 13.2 Å². The van der Waals surface area contributed by atoms with Crippen molar-refractivity contribution >= 4 is 0 Å². The van der Waals surface area contributed by atoms with Gasteiger partial charge >= 0.3 is 0 Å². The van der Waals surface area contributed by atoms with E-state index in [1.807, 2.05) is 30.6 Å². The Morgan fingerprint density at radius 3 is 2.76 bits per heavy atom. The van der Waals surface area contributed by atoms with Crippen molar-refractivity contribution in [2.45, 2.75) is 24.8 Å². The van der Waals surface area contributed by atoms with Crippen LogP contribution < -0.4 is 0 Å². The van der Waals surface area contributed by atoms with Crippen LogP contribution in [0.15, 0.2) is 61.2 Å². The zero-order valence-electron chi connectivity index (χ0n) is 13.9. The number of imidazole rings is 1. The van der Waals surface area contributed by atoms with Gasteiger partial charge < -0.3 is 9.30 Å². The van der Waals surface area contributed by atoms with Gasteiger partial charge in [-0.1, -0.05) is 12.1 Å². The van der Waals surface area contributed by atoms with Crippen LogP contribution in [0.2, 0.25) is 0 Å². The lowest BCUT2D eigenvalue weighted by atomic mass is 9.74. The first-order chi connectivity index (χ1) is 12.3. The van der Waals surface area contributed by atoms with Gasteiger partial charge in [-0.3, -0.25) is 4.98 Å². The van der Waals surface area contributed by atoms with Gasteiger partial charge in [0.25, 0.3) is 0 Å². The van der Waals surface area contributed by atoms with Crippen molar-refractivity contribution < 1.29 is 9.13 Å². The molecule has 128 valence electrons. The van der Waals surface area contributed by atoms with Gasteiger partial charge in [-0.2, -0.15) is 0 Å². The second kappa shape index (κ2) is 6.76. The Morgan fingerprint density at radius 2 is 2.00 bits per heavy atom. The highest BCUT2D eigenvalue weighted by atomic mass is 19.1. The Balaban J connectivity index is 1.73. The highest BCUT2D eigenvalue weighted by molar-refractivity contribution is 5.53. The minimum absolute atomic E-state index is 0.155. The molecule has 5 heteroatoms. The fraction of sp³-hybridized carbons (Fsp3) is 0.300. The molecule has 0 saturated carbocycles. The van der Waals surface area contributed by atoms with Crippen LogP contribution in [0.4, 0.5) is 4.39 Å². The van der Waals surface area contributed by atoms with Crippen LogP contribution in [-0.4, -0.2) is 27.7 Å². The predicted octanol–water partition coefficient (Wildman–Crippen LogP) is 3.83. The summed E-state index contributed by atoms with van der Waals surface area (Å²) in [5, 5.41) is 0. The Bertz CT molecular complexity index is 841. The first kappa shape index (κ1) is 16.0. The maximum absolute atomic E-state index is 13.9. The molecule has 0 atom stereocenters. The fourth-order valence-corrected chi connectivity index (χ4v) is 3.64. The number of rotatable bonds is 4. The lowest BCUT2D eigenvalue weighted by Crippen LogP contribution is -2.38. The molecule has 0 bridgehead atoms. The number of pyridine rings is 1. The Labute approximate surface area is 146 Å². The molecule has 25 heavy (non-hydrogen) atoms. The zero-order chi connectivity index (χ0) is 17.1. The van der Waals surface area contributed by atoms with E-state index >= 15 is 0 Å². The Morgan fingerprint density at radius 1 is 1.12 bits per heavy atom. The van der Waals surface area contributed by atoms with Gasteiger partial charge in [-0.15, -0.1) is 0 Å². The molecular weight excluding hydrogens is 317 g/mol. The standard InChI is InChI=1S/C20H20FN3O/c21-18-5-1-4-17(13-18)20(6-11-25-12-7-20)15-24-10-9-23-19(24)16-3-2-8-22-14-16/h1-5,8-10,13-14H,6-7,11-12,15H2. The summed E-state index contributed by atoms with van der Waals surface area (Å²) in [6, 6.07) is 10.9. The van der Waals surface area contributed by atoms with E-state index in [9.17, 15) is 4.39 Å². The van der Waals surface area contributed by atoms with E-state index in [2.05, 4.69) is 14.5 Å². The summed E-state index contributed by atoms with van der Waals surface area (Å²) in [4.78, 5) is 8.70. The van der Waals surface area contributed by atoms with E-state index in [0.717, 1.165) is 36.3 Å². The molecular formula is C20H20FN3O. The highest BCUT2D eigenvalue weighted by Crippen LogP contribution is 2.37. The number of aromatic nitrogens is 3. The molecule has 1 aliphatic rings. The maximum Gasteiger partial charge on any atom is 0.141 e. The fourth-order valence-electron chi connectivity index (χ4n) is 3.64. The van der Waals surface area contributed by atoms with Crippen LogP contribution in [0, 0.1) is 5.82 Å². The average molecular weight is 337 g/mol. The monoisotopic (exact) mass is 337 g/mol. The summed E-state index contributed by atoms with van der Waals surface area (Å²) in [6.07, 6.45) is 9.09. The Hall–Kier alpha value is -2.53. The van der Waals surface area contributed by atoms with Gasteiger partial charge in [0.1, 0.15) is 11.6 Å². The molecule has 3 heterocycles. The van der Waals surface area contributed by atoms with E-state index in [4.69, 9.17) is 4.74 Å². The van der Waals surface area contributed by atoms with Gasteiger partial charge in [0.2, 0.25) is 0 Å². The third-order valence-corrected chi connectivity index (χ3v) is 5.00. The SMILES string of the molecule is Fc1cccc(C2(Cn3ccnc3-c3cccnc3)CCOCC2)c1. The molecule has 2 aromatic heterocycles. The van der Waals surface area contributed by atoms with E-state index in [1.54, 1.807) is 24.5 Å². The van der Waals surface area contributed by atoms with Crippen LogP contribution >= 0.6 is 0 Å². The van der Waals surface area contributed by atoms with Crippen molar-refractivity contribution in [3.05, 3.63) is 72.6 Å². The van der Waals surface area contributed by atoms with Crippen LogP contribution in [0.5, 0.6) is 0 Å². The molecule has 0 aliphatic carbocycles. The van der Waals surface area contributed by atoms with Crippen molar-refractivity contribution in [3.63, 3.8) is 0 Å². The second-order valence-corrected chi connectivity index (χ2v) is 6.52. The number of nitrogens with zero attached hydrogens (tertiary/aromatic N) is 3. The molecule has 4 nitrogen and oxygen atoms in total. The number of ether oxygens (including phenoxy) is 1. The quantitative estimate of drug-likeness (QED) is 0.726. The van der Waals surface area contributed by atoms with Crippen LogP contribution in [-0.2, 0) is 16.7 Å². The number of benzene rings is 1. The minimum atomic E-state index is -0.193. The van der Waals surface area contributed by atoms with Crippen molar-refractivity contribution in [1.82, 2.24) is 14.5 Å². The minimum Gasteiger partial charge on any atom is -0.381 e. The molecule has 0 N–H and O–H groups in total. The largest absolute Gasteiger partial charge is 0.381 e. The molecule has 3 aromatic rings. The van der Waals surface area contributed by atoms with Crippen molar-refractivity contribution in [3.8, 4) is 11.4 Å². The smallest absolute Gasteiger partial charge is 0.141 e. The number of halogens is 1. The summed E-state index contributed by atoms with van der Waals surface area (Å²) in [6.45, 7) is 2.12. The van der Waals surface area contributed by atoms with Crippen molar-refractivity contribution in [1.29, 1.82) is 0 Å². The molecule has 1 aliphatic heterocycles. The summed E-state index contributed by atoms with van der Waals surface area (Å²) >= 11 is 0. The van der Waals surface area contributed by atoms with Crippen LogP contribution in [0.1, 0.15) is 18.4 Å². The lowest BCUT2D eigenvalue weighted by Gasteiger charge is -2.38. The maximum atomic E-state index is 13.9. The highest BCUT2D eigenvalue weighted by Gasteiger charge is 2.35. The molecule has 1 saturated heterocycles. The summed E-state index contributed by atoms with van der Waals surface area (Å²) in [5.74, 6) is 0.692. The first-order valence-electron chi connectivity index (χ1n) is 8.52. The average Bonchev–Trinajstić information content (AvgIpc) is 3.11. The summed E-state index contributed by atoms with van der Waals surface area (Å²) < 4.78 is 21.6. The number of hydrogen-bond donors (Lipinski definition) is 0. The Kier molecular flexibility index (Phi) is 4.32. The second-order valence-electron chi connectivity index (χ2n) is 6.52. The topological polar surface area (TPSA) is 39.9 Å². The van der Waals surface area contributed by atoms with Gasteiger partial charge in [-0.25, -0.2) is 9.37 Å². The number of hydrogen-bond acceptors (Lipinski definition) is 3. The van der Waals surface area contributed by atoms with E-state index in [1.165, 1.54) is 6.07 Å². The summed E-state index contributed by atoms with van der Waals surface area (Å²) in [5.41, 5.74) is 1.86. The first-order valence-corrected chi connectivity index (χ1v) is 8.52. The van der Waals surface area contributed by atoms with Gasteiger partial charge in [0.05, 0.1) is 0 Å². The molecule has 4 rings (SSSR count). The van der Waals surface area contributed by atoms with E-state index in [-0.39, 0.29) is 11.2 Å². The third kappa shape index (κ3) is 3.20. The molecule has 0 spiro atoms. The van der Waals surface area contributed by atoms with Crippen LogP contribution in [0.25, 0.3) is 11.4 Å². The molecule has 0 radical (unpaired) electrons. The molecule has 0 unspecified atom stereocenters. The zero-order valence-corrected chi connectivity index (χ0v) is 13.9. The van der Waals surface area contributed by atoms with Crippen LogP contribution in [0.3, 0.4) is 0 Å². The van der Waals surface area contributed by atoms with Gasteiger partial charge in [-0.05, 0) is 42.7 Å². The summed E-state index contributed by atoms with van der Waals surface area (Å²) in [7, 11) is 0. The van der Waals surface area contributed by atoms with Gasteiger partial charge in [0, 0.05) is 55.5 Å². The molecule has 1 aromatic carbocycles. The molecule has 0 amide bonds. The predicted molar refractivity (Wildman–Crippen MR) is 93.6 cm³/mol.